The van der Waals surface area contributed by atoms with E-state index >= 15 is 0 Å². The molecule has 0 radical (unpaired) electrons. The zero-order chi connectivity index (χ0) is 22.9. The van der Waals surface area contributed by atoms with E-state index in [4.69, 9.17) is 19.2 Å². The van der Waals surface area contributed by atoms with Gasteiger partial charge in [-0.1, -0.05) is 31.8 Å². The van der Waals surface area contributed by atoms with Crippen molar-refractivity contribution in [3.8, 4) is 5.88 Å². The molecule has 0 aliphatic carbocycles. The topological polar surface area (TPSA) is 65.8 Å². The van der Waals surface area contributed by atoms with Crippen molar-refractivity contribution in [2.45, 2.75) is 45.4 Å². The van der Waals surface area contributed by atoms with E-state index in [-0.39, 0.29) is 12.0 Å². The molecule has 1 aromatic carbocycles. The molecule has 1 aliphatic rings. The number of anilines is 2. The van der Waals surface area contributed by atoms with Gasteiger partial charge in [0.15, 0.2) is 0 Å². The molecule has 170 valence electrons. The number of hydrogen-bond donors (Lipinski definition) is 0. The van der Waals surface area contributed by atoms with E-state index < -0.39 is 8.07 Å². The van der Waals surface area contributed by atoms with Crippen molar-refractivity contribution in [3.05, 3.63) is 48.2 Å². The van der Waals surface area contributed by atoms with Gasteiger partial charge < -0.3 is 23.7 Å². The molecule has 0 spiro atoms. The first kappa shape index (κ1) is 22.4. The highest BCUT2D eigenvalue weighted by atomic mass is 28.3. The lowest BCUT2D eigenvalue weighted by atomic mass is 10.1. The maximum absolute atomic E-state index is 12.4. The second-order valence-electron chi connectivity index (χ2n) is 9.40. The standard InChI is InChI=1S/C24H31N3O4Si/c1-17-15-31-23-21(27(17)20-9-7-6-8-19(20)24(28)29-2)14-18-10-11-26(22(18)25-23)16-30-12-13-32(3,4)5/h6-11,14,17H,12-13,15-16H2,1-5H3. The van der Waals surface area contributed by atoms with Gasteiger partial charge in [0.05, 0.1) is 24.4 Å². The van der Waals surface area contributed by atoms with Gasteiger partial charge in [-0.05, 0) is 37.2 Å². The molecule has 1 aliphatic heterocycles. The van der Waals surface area contributed by atoms with Gasteiger partial charge in [-0.25, -0.2) is 4.79 Å². The normalized spacial score (nSPS) is 16.0. The molecule has 4 rings (SSSR count). The third kappa shape index (κ3) is 4.51. The van der Waals surface area contributed by atoms with Crippen molar-refractivity contribution in [1.29, 1.82) is 0 Å². The van der Waals surface area contributed by atoms with Crippen molar-refractivity contribution in [2.75, 3.05) is 25.2 Å². The lowest BCUT2D eigenvalue weighted by Crippen LogP contribution is -2.38. The Morgan fingerprint density at radius 3 is 2.75 bits per heavy atom. The second kappa shape index (κ2) is 8.95. The van der Waals surface area contributed by atoms with Gasteiger partial charge in [-0.2, -0.15) is 4.98 Å². The number of esters is 1. The first-order chi connectivity index (χ1) is 15.3. The maximum atomic E-state index is 12.4. The number of carbonyl (C=O) groups excluding carboxylic acids is 1. The molecule has 7 nitrogen and oxygen atoms in total. The first-order valence-electron chi connectivity index (χ1n) is 11.0. The molecule has 0 saturated carbocycles. The van der Waals surface area contributed by atoms with Crippen molar-refractivity contribution in [3.63, 3.8) is 0 Å². The van der Waals surface area contributed by atoms with Crippen molar-refractivity contribution in [2.24, 2.45) is 0 Å². The molecule has 1 atom stereocenters. The maximum Gasteiger partial charge on any atom is 0.339 e. The Labute approximate surface area is 189 Å². The monoisotopic (exact) mass is 453 g/mol. The zero-order valence-electron chi connectivity index (χ0n) is 19.4. The minimum atomic E-state index is -1.12. The first-order valence-corrected chi connectivity index (χ1v) is 14.7. The second-order valence-corrected chi connectivity index (χ2v) is 15.0. The number of rotatable bonds is 7. The summed E-state index contributed by atoms with van der Waals surface area (Å²) < 4.78 is 18.9. The number of methoxy groups -OCH3 is 1. The summed E-state index contributed by atoms with van der Waals surface area (Å²) in [4.78, 5) is 19.3. The molecule has 8 heteroatoms. The van der Waals surface area contributed by atoms with E-state index in [1.54, 1.807) is 6.07 Å². The number of hydrogen-bond acceptors (Lipinski definition) is 6. The highest BCUT2D eigenvalue weighted by Crippen LogP contribution is 2.41. The van der Waals surface area contributed by atoms with Gasteiger partial charge >= 0.3 is 5.97 Å². The van der Waals surface area contributed by atoms with Crippen LogP contribution in [0.2, 0.25) is 25.7 Å². The van der Waals surface area contributed by atoms with Crippen LogP contribution in [0.1, 0.15) is 17.3 Å². The molecular weight excluding hydrogens is 422 g/mol. The molecule has 2 aromatic heterocycles. The fraction of sp³-hybridized carbons (Fsp3) is 0.417. The Bertz CT molecular complexity index is 1120. The van der Waals surface area contributed by atoms with Crippen LogP contribution in [-0.4, -0.2) is 50.0 Å². The van der Waals surface area contributed by atoms with Gasteiger partial charge in [0.2, 0.25) is 5.88 Å². The van der Waals surface area contributed by atoms with Crippen LogP contribution in [0.25, 0.3) is 11.0 Å². The Balaban J connectivity index is 1.66. The average molecular weight is 454 g/mol. The molecule has 3 heterocycles. The van der Waals surface area contributed by atoms with Crippen LogP contribution in [0.5, 0.6) is 5.88 Å². The van der Waals surface area contributed by atoms with Crippen molar-refractivity contribution < 1.29 is 19.0 Å². The average Bonchev–Trinajstić information content (AvgIpc) is 3.16. The zero-order valence-corrected chi connectivity index (χ0v) is 20.4. The highest BCUT2D eigenvalue weighted by Gasteiger charge is 2.30. The lowest BCUT2D eigenvalue weighted by molar-refractivity contribution is 0.0601. The molecular formula is C24H31N3O4Si. The number of para-hydroxylation sites is 1. The number of aromatic nitrogens is 2. The molecule has 32 heavy (non-hydrogen) atoms. The van der Waals surface area contributed by atoms with Crippen LogP contribution in [0.15, 0.2) is 42.6 Å². The van der Waals surface area contributed by atoms with Crippen LogP contribution in [-0.2, 0) is 16.2 Å². The molecule has 0 fully saturated rings. The summed E-state index contributed by atoms with van der Waals surface area (Å²) in [6.07, 6.45) is 1.99. The number of ether oxygens (including phenoxy) is 3. The number of pyridine rings is 1. The van der Waals surface area contributed by atoms with E-state index in [1.165, 1.54) is 7.11 Å². The fourth-order valence-corrected chi connectivity index (χ4v) is 4.61. The molecule has 0 bridgehead atoms. The van der Waals surface area contributed by atoms with Gasteiger partial charge in [0.1, 0.15) is 24.7 Å². The van der Waals surface area contributed by atoms with Gasteiger partial charge in [0.25, 0.3) is 0 Å². The molecule has 1 unspecified atom stereocenters. The van der Waals surface area contributed by atoms with Crippen molar-refractivity contribution >= 4 is 36.5 Å². The smallest absolute Gasteiger partial charge is 0.339 e. The number of carbonyl (C=O) groups is 1. The van der Waals surface area contributed by atoms with E-state index in [0.29, 0.717) is 24.8 Å². The quantitative estimate of drug-likeness (QED) is 0.283. The lowest BCUT2D eigenvalue weighted by Gasteiger charge is -2.36. The summed E-state index contributed by atoms with van der Waals surface area (Å²) in [7, 11) is 0.275. The number of benzene rings is 1. The van der Waals surface area contributed by atoms with Gasteiger partial charge in [-0.15, -0.1) is 0 Å². The van der Waals surface area contributed by atoms with E-state index in [2.05, 4.69) is 37.5 Å². The summed E-state index contributed by atoms with van der Waals surface area (Å²) in [5.74, 6) is 0.189. The predicted molar refractivity (Wildman–Crippen MR) is 129 cm³/mol. The summed E-state index contributed by atoms with van der Waals surface area (Å²) in [6, 6.07) is 12.7. The third-order valence-corrected chi connectivity index (χ3v) is 7.34. The van der Waals surface area contributed by atoms with Crippen LogP contribution in [0, 0.1) is 0 Å². The number of nitrogens with zero attached hydrogens (tertiary/aromatic N) is 3. The summed E-state index contributed by atoms with van der Waals surface area (Å²) >= 11 is 0. The summed E-state index contributed by atoms with van der Waals surface area (Å²) in [5.41, 5.74) is 2.97. The van der Waals surface area contributed by atoms with Gasteiger partial charge in [-0.3, -0.25) is 0 Å². The SMILES string of the molecule is COC(=O)c1ccccc1N1c2cc3ccn(COCC[Si](C)(C)C)c3nc2OCC1C. The Kier molecular flexibility index (Phi) is 6.26. The van der Waals surface area contributed by atoms with Crippen LogP contribution in [0.4, 0.5) is 11.4 Å². The van der Waals surface area contributed by atoms with Crippen LogP contribution < -0.4 is 9.64 Å². The number of fused-ring (bicyclic) bond motifs is 2. The summed E-state index contributed by atoms with van der Waals surface area (Å²) in [6.45, 7) is 10.8. The molecule has 0 N–H and O–H groups in total. The Morgan fingerprint density at radius 1 is 1.22 bits per heavy atom. The van der Waals surface area contributed by atoms with Crippen molar-refractivity contribution in [1.82, 2.24) is 9.55 Å². The van der Waals surface area contributed by atoms with E-state index in [1.807, 2.05) is 35.0 Å². The van der Waals surface area contributed by atoms with Crippen LogP contribution >= 0.6 is 0 Å². The summed E-state index contributed by atoms with van der Waals surface area (Å²) in [5, 5.41) is 0.996. The molecule has 0 amide bonds. The fourth-order valence-electron chi connectivity index (χ4n) is 3.85. The minimum Gasteiger partial charge on any atom is -0.474 e. The van der Waals surface area contributed by atoms with Crippen LogP contribution in [0.3, 0.4) is 0 Å². The third-order valence-electron chi connectivity index (χ3n) is 5.64. The largest absolute Gasteiger partial charge is 0.474 e. The molecule has 3 aromatic rings. The minimum absolute atomic E-state index is 0.0274. The highest BCUT2D eigenvalue weighted by molar-refractivity contribution is 6.76. The molecule has 0 saturated heterocycles. The Hall–Kier alpha value is -2.84. The predicted octanol–water partition coefficient (Wildman–Crippen LogP) is 5.05. The Morgan fingerprint density at radius 2 is 2.00 bits per heavy atom. The van der Waals surface area contributed by atoms with Gasteiger partial charge in [0, 0.05) is 26.3 Å². The van der Waals surface area contributed by atoms with E-state index in [0.717, 1.165) is 35.1 Å². The van der Waals surface area contributed by atoms with E-state index in [9.17, 15) is 4.79 Å².